The normalized spacial score (nSPS) is 12.4. The van der Waals surface area contributed by atoms with Crippen molar-refractivity contribution >= 4 is 16.4 Å². The van der Waals surface area contributed by atoms with Crippen molar-refractivity contribution < 1.29 is 5.11 Å². The number of hydrogen-bond acceptors (Lipinski definition) is 5. The molecule has 3 aromatic heterocycles. The minimum atomic E-state index is -0.194. The molecular formula is C28H29N5O2. The van der Waals surface area contributed by atoms with E-state index in [0.717, 1.165) is 41.6 Å². The van der Waals surface area contributed by atoms with E-state index in [1.54, 1.807) is 10.7 Å². The van der Waals surface area contributed by atoms with Crippen LogP contribution < -0.4 is 5.56 Å². The molecule has 0 aliphatic heterocycles. The molecule has 178 valence electrons. The topological polar surface area (TPSA) is 96.2 Å². The van der Waals surface area contributed by atoms with E-state index in [9.17, 15) is 9.90 Å². The van der Waals surface area contributed by atoms with Crippen molar-refractivity contribution in [1.29, 1.82) is 0 Å². The number of fused-ring (bicyclic) bond motifs is 2. The molecule has 5 aromatic rings. The van der Waals surface area contributed by atoms with Crippen LogP contribution in [0.1, 0.15) is 53.7 Å². The predicted octanol–water partition coefficient (Wildman–Crippen LogP) is 4.35. The molecule has 0 amide bonds. The largest absolute Gasteiger partial charge is 0.396 e. The lowest BCUT2D eigenvalue weighted by Gasteiger charge is -2.15. The van der Waals surface area contributed by atoms with E-state index in [1.165, 1.54) is 5.56 Å². The molecule has 0 saturated carbocycles. The highest BCUT2D eigenvalue weighted by Crippen LogP contribution is 2.26. The third kappa shape index (κ3) is 5.00. The highest BCUT2D eigenvalue weighted by atomic mass is 16.3. The lowest BCUT2D eigenvalue weighted by atomic mass is 9.96. The lowest BCUT2D eigenvalue weighted by molar-refractivity contribution is 0.268. The third-order valence-corrected chi connectivity index (χ3v) is 6.49. The Kier molecular flexibility index (Phi) is 6.68. The van der Waals surface area contributed by atoms with Crippen LogP contribution in [0.15, 0.2) is 71.7 Å². The predicted molar refractivity (Wildman–Crippen MR) is 137 cm³/mol. The second-order valence-corrected chi connectivity index (χ2v) is 9.01. The Balaban J connectivity index is 1.44. The molecule has 0 bridgehead atoms. The molecule has 0 fully saturated rings. The van der Waals surface area contributed by atoms with Crippen molar-refractivity contribution in [2.24, 2.45) is 0 Å². The summed E-state index contributed by atoms with van der Waals surface area (Å²) in [4.78, 5) is 25.1. The Morgan fingerprint density at radius 2 is 1.89 bits per heavy atom. The fourth-order valence-electron chi connectivity index (χ4n) is 4.77. The number of rotatable bonds is 9. The number of aliphatic hydroxyl groups excluding tert-OH is 1. The van der Waals surface area contributed by atoms with E-state index < -0.39 is 0 Å². The first-order valence-corrected chi connectivity index (χ1v) is 12.1. The highest BCUT2D eigenvalue weighted by Gasteiger charge is 2.22. The summed E-state index contributed by atoms with van der Waals surface area (Å²) >= 11 is 0. The number of aromatic nitrogens is 5. The highest BCUT2D eigenvalue weighted by molar-refractivity contribution is 5.78. The van der Waals surface area contributed by atoms with Gasteiger partial charge in [-0.15, -0.1) is 0 Å². The number of hydrogen-bond donors (Lipinski definition) is 2. The molecule has 1 atom stereocenters. The molecule has 5 rings (SSSR count). The van der Waals surface area contributed by atoms with E-state index in [-0.39, 0.29) is 18.1 Å². The molecule has 0 saturated heterocycles. The van der Waals surface area contributed by atoms with E-state index in [4.69, 9.17) is 10.1 Å². The van der Waals surface area contributed by atoms with Crippen molar-refractivity contribution in [3.8, 4) is 0 Å². The summed E-state index contributed by atoms with van der Waals surface area (Å²) in [7, 11) is 0. The van der Waals surface area contributed by atoms with Crippen LogP contribution >= 0.6 is 0 Å². The van der Waals surface area contributed by atoms with Crippen LogP contribution in [0.25, 0.3) is 16.4 Å². The first-order chi connectivity index (χ1) is 17.1. The number of aliphatic hydroxyl groups is 1. The molecule has 1 unspecified atom stereocenters. The minimum Gasteiger partial charge on any atom is -0.396 e. The summed E-state index contributed by atoms with van der Waals surface area (Å²) in [6, 6.07) is 20.4. The number of nitrogens with one attached hydrogen (secondary N) is 1. The summed E-state index contributed by atoms with van der Waals surface area (Å²) in [5, 5.41) is 15.6. The molecule has 3 heterocycles. The molecule has 2 aromatic carbocycles. The molecule has 2 N–H and O–H groups in total. The van der Waals surface area contributed by atoms with E-state index in [1.807, 2.05) is 37.3 Å². The van der Waals surface area contributed by atoms with Crippen LogP contribution in [-0.2, 0) is 12.8 Å². The number of benzene rings is 2. The summed E-state index contributed by atoms with van der Waals surface area (Å²) in [5.74, 6) is 1.34. The Morgan fingerprint density at radius 1 is 1.03 bits per heavy atom. The fraction of sp³-hybridized carbons (Fsp3) is 0.286. The molecule has 7 heteroatoms. The zero-order chi connectivity index (χ0) is 24.2. The Labute approximate surface area is 203 Å². The van der Waals surface area contributed by atoms with Crippen LogP contribution in [0.3, 0.4) is 0 Å². The zero-order valence-electron chi connectivity index (χ0n) is 19.8. The zero-order valence-corrected chi connectivity index (χ0v) is 19.8. The minimum absolute atomic E-state index is 0.0128. The van der Waals surface area contributed by atoms with Gasteiger partial charge in [-0.1, -0.05) is 42.5 Å². The van der Waals surface area contributed by atoms with Gasteiger partial charge in [-0.3, -0.25) is 9.78 Å². The van der Waals surface area contributed by atoms with E-state index in [0.29, 0.717) is 29.9 Å². The van der Waals surface area contributed by atoms with Gasteiger partial charge in [-0.05, 0) is 61.9 Å². The van der Waals surface area contributed by atoms with Gasteiger partial charge in [0.15, 0.2) is 5.52 Å². The Hall–Kier alpha value is -3.84. The lowest BCUT2D eigenvalue weighted by Crippen LogP contribution is -2.19. The van der Waals surface area contributed by atoms with Gasteiger partial charge >= 0.3 is 0 Å². The summed E-state index contributed by atoms with van der Waals surface area (Å²) in [6.07, 6.45) is 5.63. The third-order valence-electron chi connectivity index (χ3n) is 6.49. The summed E-state index contributed by atoms with van der Waals surface area (Å²) in [6.45, 7) is 1.90. The van der Waals surface area contributed by atoms with Crippen LogP contribution in [-0.4, -0.2) is 36.3 Å². The quantitative estimate of drug-likeness (QED) is 0.336. The van der Waals surface area contributed by atoms with Crippen molar-refractivity contribution in [3.05, 3.63) is 106 Å². The van der Waals surface area contributed by atoms with Gasteiger partial charge in [0.2, 0.25) is 0 Å². The maximum atomic E-state index is 13.0. The second-order valence-electron chi connectivity index (χ2n) is 9.01. The number of pyridine rings is 1. The number of aromatic amines is 1. The maximum absolute atomic E-state index is 13.0. The van der Waals surface area contributed by atoms with Crippen LogP contribution in [0, 0.1) is 6.92 Å². The molecule has 0 aliphatic rings. The summed E-state index contributed by atoms with van der Waals surface area (Å²) in [5.41, 5.74) is 4.20. The van der Waals surface area contributed by atoms with Gasteiger partial charge in [0, 0.05) is 30.5 Å². The number of aryl methyl sites for hydroxylation is 2. The first-order valence-electron chi connectivity index (χ1n) is 12.1. The van der Waals surface area contributed by atoms with Gasteiger partial charge in [0.05, 0.1) is 11.2 Å². The van der Waals surface area contributed by atoms with Crippen LogP contribution in [0.5, 0.6) is 0 Å². The van der Waals surface area contributed by atoms with Crippen molar-refractivity contribution in [3.63, 3.8) is 0 Å². The van der Waals surface area contributed by atoms with Gasteiger partial charge < -0.3 is 10.1 Å². The average Bonchev–Trinajstić information content (AvgIpc) is 3.20. The monoisotopic (exact) mass is 467 g/mol. The molecule has 7 nitrogen and oxygen atoms in total. The van der Waals surface area contributed by atoms with Crippen molar-refractivity contribution in [1.82, 2.24) is 24.6 Å². The number of H-pyrrole nitrogens is 1. The van der Waals surface area contributed by atoms with E-state index in [2.05, 4.69) is 40.3 Å². The van der Waals surface area contributed by atoms with Gasteiger partial charge in [0.25, 0.3) is 5.56 Å². The molecule has 0 spiro atoms. The first kappa shape index (κ1) is 22.9. The van der Waals surface area contributed by atoms with Crippen molar-refractivity contribution in [2.45, 2.75) is 44.9 Å². The van der Waals surface area contributed by atoms with Crippen LogP contribution in [0.2, 0.25) is 0 Å². The molecule has 0 aliphatic carbocycles. The van der Waals surface area contributed by atoms with Gasteiger partial charge in [0.1, 0.15) is 11.6 Å². The number of nitrogens with zero attached hydrogens (tertiary/aromatic N) is 4. The summed E-state index contributed by atoms with van der Waals surface area (Å²) < 4.78 is 1.70. The van der Waals surface area contributed by atoms with Gasteiger partial charge in [-0.25, -0.2) is 9.50 Å². The Morgan fingerprint density at radius 3 is 2.71 bits per heavy atom. The molecule has 35 heavy (non-hydrogen) atoms. The smallest absolute Gasteiger partial charge is 0.277 e. The second kappa shape index (κ2) is 10.2. The van der Waals surface area contributed by atoms with Crippen molar-refractivity contribution in [2.75, 3.05) is 6.61 Å². The fourth-order valence-corrected chi connectivity index (χ4v) is 4.77. The molecule has 0 radical (unpaired) electrons. The average molecular weight is 468 g/mol. The van der Waals surface area contributed by atoms with Gasteiger partial charge in [-0.2, -0.15) is 5.10 Å². The van der Waals surface area contributed by atoms with Crippen LogP contribution in [0.4, 0.5) is 0 Å². The standard InChI is InChI=1S/C28H29N5O2/c1-19-26-28(35)31-25(18-21-12-13-24-23(17-21)11-6-15-29-24)32-33(26)27(30-19)22(14-16-34)10-5-9-20-7-3-2-4-8-20/h2-4,6-8,11-13,15,17,22,34H,5,9-10,14,16,18H2,1H3,(H,31,32,35). The SMILES string of the molecule is Cc1nc(C(CCO)CCCc2ccccc2)n2nc(Cc3ccc4ncccc4c3)[nH]c(=O)c12. The van der Waals surface area contributed by atoms with E-state index >= 15 is 0 Å². The number of imidazole rings is 1. The molecular weight excluding hydrogens is 438 g/mol. The Bertz CT molecular complexity index is 1510. The maximum Gasteiger partial charge on any atom is 0.277 e.